The van der Waals surface area contributed by atoms with Gasteiger partial charge in [-0.1, -0.05) is 138 Å². The number of ketones is 2. The monoisotopic (exact) mass is 1100 g/mol. The van der Waals surface area contributed by atoms with Crippen molar-refractivity contribution in [2.45, 2.75) is 85.0 Å². The lowest BCUT2D eigenvalue weighted by molar-refractivity contribution is -0.118. The Morgan fingerprint density at radius 1 is 0.458 bits per heavy atom. The summed E-state index contributed by atoms with van der Waals surface area (Å²) in [6.45, 7) is 14.8. The van der Waals surface area contributed by atoms with Crippen molar-refractivity contribution in [2.75, 3.05) is 0 Å². The van der Waals surface area contributed by atoms with Crippen LogP contribution >= 0.6 is 0 Å². The van der Waals surface area contributed by atoms with Gasteiger partial charge in [-0.3, -0.25) is 19.2 Å². The van der Waals surface area contributed by atoms with E-state index in [1.807, 2.05) is 137 Å². The van der Waals surface area contributed by atoms with Crippen LogP contribution in [0.3, 0.4) is 0 Å². The third kappa shape index (κ3) is 12.1. The second-order valence-electron chi connectivity index (χ2n) is 22.6. The van der Waals surface area contributed by atoms with E-state index in [2.05, 4.69) is 90.5 Å². The Bertz CT molecular complexity index is 4530. The molecule has 0 amide bonds. The molecule has 83 heavy (non-hydrogen) atoms. The van der Waals surface area contributed by atoms with E-state index in [9.17, 15) is 19.2 Å². The van der Waals surface area contributed by atoms with E-state index in [1.54, 1.807) is 24.5 Å². The van der Waals surface area contributed by atoms with Gasteiger partial charge in [-0.15, -0.1) is 0 Å². The van der Waals surface area contributed by atoms with Crippen LogP contribution in [0.4, 0.5) is 0 Å². The summed E-state index contributed by atoms with van der Waals surface area (Å²) in [5, 5.41) is 13.4. The fourth-order valence-electron chi connectivity index (χ4n) is 9.89. The number of carbonyl (C=O) groups is 2. The lowest BCUT2D eigenvalue weighted by Gasteiger charge is -2.14. The van der Waals surface area contributed by atoms with Crippen LogP contribution in [0.5, 0.6) is 23.0 Å². The first kappa shape index (κ1) is 54.7. The SMILES string of the molecule is CC(C)(C)c1cc(CC(=O)Cc2ccc(Oc3ccnc4[nH]c(=O)cnc34)c3ccccc23)n(-c2ccccc2)n1.Cc1ccc(-n2nc(C(C)(C)C)cc2CC(=O)Cc2ccc(Oc3ccnc4[nH]c(=O)cnc34)c3ccccc23)cc1. The Hall–Kier alpha value is -10.2. The van der Waals surface area contributed by atoms with Crippen molar-refractivity contribution in [3.63, 3.8) is 0 Å². The number of nitrogens with zero attached hydrogens (tertiary/aromatic N) is 8. The third-order valence-electron chi connectivity index (χ3n) is 14.2. The topological polar surface area (TPSA) is 206 Å². The van der Waals surface area contributed by atoms with Crippen LogP contribution in [0.25, 0.3) is 55.2 Å². The summed E-state index contributed by atoms with van der Waals surface area (Å²) in [7, 11) is 0. The molecule has 16 nitrogen and oxygen atoms in total. The Kier molecular flexibility index (Phi) is 15.0. The molecular formula is C67H60N10O6. The van der Waals surface area contributed by atoms with Crippen LogP contribution in [0.2, 0.25) is 0 Å². The molecule has 16 heteroatoms. The maximum Gasteiger partial charge on any atom is 0.268 e. The average Bonchev–Trinajstić information content (AvgIpc) is 4.18. The summed E-state index contributed by atoms with van der Waals surface area (Å²) in [4.78, 5) is 72.6. The number of carbonyl (C=O) groups excluding carboxylic acids is 2. The highest BCUT2D eigenvalue weighted by Gasteiger charge is 2.25. The summed E-state index contributed by atoms with van der Waals surface area (Å²) < 4.78 is 16.3. The van der Waals surface area contributed by atoms with Crippen LogP contribution in [-0.4, -0.2) is 61.0 Å². The zero-order valence-corrected chi connectivity index (χ0v) is 47.1. The number of nitrogens with one attached hydrogen (secondary N) is 2. The first-order valence-electron chi connectivity index (χ1n) is 27.3. The number of hydrogen-bond donors (Lipinski definition) is 2. The van der Waals surface area contributed by atoms with E-state index < -0.39 is 0 Å². The lowest BCUT2D eigenvalue weighted by Crippen LogP contribution is -2.13. The number of aromatic nitrogens is 10. The van der Waals surface area contributed by atoms with Crippen molar-refractivity contribution in [1.29, 1.82) is 0 Å². The largest absolute Gasteiger partial charge is 0.454 e. The second kappa shape index (κ2) is 22.7. The maximum atomic E-state index is 13.6. The van der Waals surface area contributed by atoms with Crippen LogP contribution in [0.1, 0.15) is 81.0 Å². The Morgan fingerprint density at radius 2 is 0.867 bits per heavy atom. The van der Waals surface area contributed by atoms with Crippen LogP contribution in [-0.2, 0) is 46.1 Å². The number of fused-ring (bicyclic) bond motifs is 4. The molecule has 2 N–H and O–H groups in total. The molecule has 6 heterocycles. The Labute approximate surface area is 477 Å². The van der Waals surface area contributed by atoms with Gasteiger partial charge >= 0.3 is 0 Å². The fourth-order valence-corrected chi connectivity index (χ4v) is 9.89. The third-order valence-corrected chi connectivity index (χ3v) is 14.2. The molecule has 0 saturated carbocycles. The van der Waals surface area contributed by atoms with Crippen molar-refractivity contribution in [1.82, 2.24) is 49.5 Å². The van der Waals surface area contributed by atoms with Crippen LogP contribution in [0, 0.1) is 6.92 Å². The van der Waals surface area contributed by atoms with Crippen molar-refractivity contribution in [3.05, 3.63) is 237 Å². The molecule has 0 spiro atoms. The molecular weight excluding hydrogens is 1040 g/mol. The zero-order valence-electron chi connectivity index (χ0n) is 47.1. The van der Waals surface area contributed by atoms with Crippen LogP contribution in [0.15, 0.2) is 186 Å². The minimum absolute atomic E-state index is 0.0923. The zero-order chi connectivity index (χ0) is 58.0. The molecule has 0 fully saturated rings. The van der Waals surface area contributed by atoms with E-state index in [0.29, 0.717) is 45.3 Å². The van der Waals surface area contributed by atoms with E-state index in [1.165, 1.54) is 18.0 Å². The van der Waals surface area contributed by atoms with Crippen molar-refractivity contribution in [2.24, 2.45) is 0 Å². The van der Waals surface area contributed by atoms with Crippen molar-refractivity contribution < 1.29 is 19.1 Å². The second-order valence-corrected chi connectivity index (χ2v) is 22.6. The van der Waals surface area contributed by atoms with E-state index in [0.717, 1.165) is 66.8 Å². The number of ether oxygens (including phenoxy) is 2. The van der Waals surface area contributed by atoms with E-state index in [4.69, 9.17) is 19.7 Å². The first-order valence-corrected chi connectivity index (χ1v) is 27.3. The first-order chi connectivity index (χ1) is 39.9. The molecule has 0 bridgehead atoms. The number of H-pyrrole nitrogens is 2. The predicted octanol–water partition coefficient (Wildman–Crippen LogP) is 12.5. The van der Waals surface area contributed by atoms with E-state index >= 15 is 0 Å². The highest BCUT2D eigenvalue weighted by atomic mass is 16.5. The molecule has 0 atom stereocenters. The van der Waals surface area contributed by atoms with Gasteiger partial charge in [0.25, 0.3) is 11.1 Å². The minimum Gasteiger partial charge on any atom is -0.454 e. The molecule has 0 saturated heterocycles. The lowest BCUT2D eigenvalue weighted by atomic mass is 9.92. The molecule has 6 aromatic carbocycles. The van der Waals surface area contributed by atoms with E-state index in [-0.39, 0.29) is 59.2 Å². The highest BCUT2D eigenvalue weighted by Crippen LogP contribution is 2.37. The summed E-state index contributed by atoms with van der Waals surface area (Å²) in [6.07, 6.45) is 6.61. The summed E-state index contributed by atoms with van der Waals surface area (Å²) in [6, 6.07) is 48.9. The van der Waals surface area contributed by atoms with Crippen LogP contribution < -0.4 is 20.6 Å². The van der Waals surface area contributed by atoms with Gasteiger partial charge in [0.1, 0.15) is 34.1 Å². The van der Waals surface area contributed by atoms with Gasteiger partial charge in [-0.05, 0) is 77.4 Å². The van der Waals surface area contributed by atoms with Gasteiger partial charge in [-0.25, -0.2) is 29.3 Å². The van der Waals surface area contributed by atoms with Gasteiger partial charge < -0.3 is 19.4 Å². The quantitative estimate of drug-likeness (QED) is 0.104. The summed E-state index contributed by atoms with van der Waals surface area (Å²) in [5.41, 5.74) is 9.17. The molecule has 0 aliphatic rings. The number of para-hydroxylation sites is 1. The minimum atomic E-state index is -0.330. The molecule has 0 aliphatic carbocycles. The normalized spacial score (nSPS) is 11.7. The number of rotatable bonds is 14. The number of aromatic amines is 2. The van der Waals surface area contributed by atoms with Gasteiger partial charge in [0.15, 0.2) is 22.8 Å². The molecule has 6 aromatic heterocycles. The molecule has 12 aromatic rings. The van der Waals surface area contributed by atoms with Crippen molar-refractivity contribution in [3.8, 4) is 34.4 Å². The summed E-state index contributed by atoms with van der Waals surface area (Å²) in [5.74, 6) is 2.38. The van der Waals surface area contributed by atoms with Gasteiger partial charge in [0, 0.05) is 71.8 Å². The number of benzene rings is 6. The molecule has 414 valence electrons. The van der Waals surface area contributed by atoms with Gasteiger partial charge in [0.2, 0.25) is 0 Å². The van der Waals surface area contributed by atoms with Gasteiger partial charge in [-0.2, -0.15) is 10.2 Å². The Balaban J connectivity index is 0.000000174. The predicted molar refractivity (Wildman–Crippen MR) is 322 cm³/mol. The smallest absolute Gasteiger partial charge is 0.268 e. The average molecular weight is 1100 g/mol. The molecule has 0 aliphatic heterocycles. The number of Topliss-reactive ketones (excluding diaryl/α,β-unsaturated/α-hetero) is 2. The molecule has 12 rings (SSSR count). The highest BCUT2D eigenvalue weighted by molar-refractivity contribution is 5.96. The fraction of sp³-hybridized carbons (Fsp3) is 0.194. The molecule has 0 unspecified atom stereocenters. The number of aryl methyl sites for hydroxylation is 1. The molecule has 0 radical (unpaired) electrons. The standard InChI is InChI=1S/C34H31N5O3.C33H29N5O3/c1-21-9-12-23(13-10-21)39-24(19-30(38-39)34(2,3)4)18-25(40)17-22-11-14-28(27-8-6-5-7-26(22)27)42-29-15-16-35-33-32(29)36-20-31(41)37-33;1-33(2,3)29-19-23(38(37-29)22-9-5-4-6-10-22)18-24(39)17-21-13-14-27(26-12-8-7-11-25(21)26)41-28-15-16-34-32-31(28)35-20-30(40)36-32/h5-16,19-20H,17-18H2,1-4H3,(H,35,37,41);4-16,19-20H,17-18H2,1-3H3,(H,34,36,40). The van der Waals surface area contributed by atoms with Crippen molar-refractivity contribution >= 4 is 55.4 Å². The van der Waals surface area contributed by atoms with Gasteiger partial charge in [0.05, 0.1) is 46.5 Å². The summed E-state index contributed by atoms with van der Waals surface area (Å²) >= 11 is 0. The number of pyridine rings is 2. The maximum absolute atomic E-state index is 13.6. The Morgan fingerprint density at radius 3 is 1.30 bits per heavy atom. The number of hydrogen-bond acceptors (Lipinski definition) is 12.